The molecular weight excluding hydrogens is 373 g/mol. The Hall–Kier alpha value is -2.48. The van der Waals surface area contributed by atoms with Crippen molar-refractivity contribution in [1.82, 2.24) is 19.7 Å². The summed E-state index contributed by atoms with van der Waals surface area (Å²) in [5, 5.41) is 7.32. The van der Waals surface area contributed by atoms with E-state index >= 15 is 0 Å². The molecule has 8 heteroatoms. The van der Waals surface area contributed by atoms with E-state index < -0.39 is 5.82 Å². The number of carbonyl (C=O) groups is 1. The summed E-state index contributed by atoms with van der Waals surface area (Å²) in [5.74, 6) is 0.612. The van der Waals surface area contributed by atoms with Crippen LogP contribution in [-0.2, 0) is 4.74 Å². The maximum absolute atomic E-state index is 14.0. The minimum atomic E-state index is -0.456. The zero-order chi connectivity index (χ0) is 20.0. The van der Waals surface area contributed by atoms with Gasteiger partial charge in [0.15, 0.2) is 17.5 Å². The van der Waals surface area contributed by atoms with Crippen molar-refractivity contribution in [3.05, 3.63) is 35.9 Å². The second-order valence-electron chi connectivity index (χ2n) is 8.58. The topological polar surface area (TPSA) is 72.3 Å². The zero-order valence-electron chi connectivity index (χ0n) is 16.6. The summed E-state index contributed by atoms with van der Waals surface area (Å²) in [5.41, 5.74) is 1.08. The molecule has 1 saturated carbocycles. The number of halogens is 1. The molecule has 7 nitrogen and oxygen atoms in total. The summed E-state index contributed by atoms with van der Waals surface area (Å²) in [7, 11) is 0. The lowest BCUT2D eigenvalue weighted by Gasteiger charge is -2.64. The second-order valence-corrected chi connectivity index (χ2v) is 8.58. The first-order valence-electron chi connectivity index (χ1n) is 10.4. The minimum absolute atomic E-state index is 0.117. The van der Waals surface area contributed by atoms with Gasteiger partial charge in [0.05, 0.1) is 0 Å². The molecule has 29 heavy (non-hydrogen) atoms. The summed E-state index contributed by atoms with van der Waals surface area (Å²) in [6.45, 7) is 4.23. The van der Waals surface area contributed by atoms with Crippen LogP contribution in [0.4, 0.5) is 15.0 Å². The Bertz CT molecular complexity index is 920. The Morgan fingerprint density at radius 2 is 2.14 bits per heavy atom. The monoisotopic (exact) mass is 399 g/mol. The van der Waals surface area contributed by atoms with Gasteiger partial charge in [0, 0.05) is 49.2 Å². The lowest BCUT2D eigenvalue weighted by molar-refractivity contribution is -0.135. The maximum Gasteiger partial charge on any atom is 0.323 e. The first-order chi connectivity index (χ1) is 14.1. The lowest BCUT2D eigenvalue weighted by Crippen LogP contribution is -2.72. The molecule has 0 aromatic carbocycles. The van der Waals surface area contributed by atoms with E-state index in [1.54, 1.807) is 6.20 Å². The van der Waals surface area contributed by atoms with E-state index in [4.69, 9.17) is 4.74 Å². The van der Waals surface area contributed by atoms with Gasteiger partial charge < -0.3 is 9.64 Å². The molecule has 2 aromatic rings. The summed E-state index contributed by atoms with van der Waals surface area (Å²) < 4.78 is 20.9. The first-order valence-corrected chi connectivity index (χ1v) is 10.4. The van der Waals surface area contributed by atoms with E-state index in [9.17, 15) is 9.18 Å². The fourth-order valence-electron chi connectivity index (χ4n) is 5.23. The summed E-state index contributed by atoms with van der Waals surface area (Å²) >= 11 is 0. The van der Waals surface area contributed by atoms with Gasteiger partial charge >= 0.3 is 6.03 Å². The van der Waals surface area contributed by atoms with Gasteiger partial charge in [0.1, 0.15) is 0 Å². The van der Waals surface area contributed by atoms with Crippen molar-refractivity contribution in [3.63, 3.8) is 0 Å². The highest BCUT2D eigenvalue weighted by atomic mass is 19.1. The molecule has 2 amide bonds. The fourth-order valence-corrected chi connectivity index (χ4v) is 5.23. The molecule has 1 spiro atoms. The van der Waals surface area contributed by atoms with Gasteiger partial charge in [0.2, 0.25) is 0 Å². The molecule has 154 valence electrons. The number of nitrogens with zero attached hydrogens (tertiary/aromatic N) is 4. The van der Waals surface area contributed by atoms with Crippen molar-refractivity contribution in [3.8, 4) is 5.82 Å². The van der Waals surface area contributed by atoms with Gasteiger partial charge in [-0.2, -0.15) is 0 Å². The number of aryl methyl sites for hydroxylation is 1. The minimum Gasteiger partial charge on any atom is -0.381 e. The highest BCUT2D eigenvalue weighted by Crippen LogP contribution is 2.56. The van der Waals surface area contributed by atoms with Crippen LogP contribution in [0.25, 0.3) is 5.82 Å². The number of hydrogen-bond donors (Lipinski definition) is 1. The molecule has 5 rings (SSSR count). The number of ether oxygens (including phenoxy) is 1. The van der Waals surface area contributed by atoms with Gasteiger partial charge in [-0.25, -0.2) is 18.9 Å². The number of hydrogen-bond acceptors (Lipinski definition) is 4. The Morgan fingerprint density at radius 3 is 2.83 bits per heavy atom. The predicted molar refractivity (Wildman–Crippen MR) is 105 cm³/mol. The Balaban J connectivity index is 1.33. The predicted octanol–water partition coefficient (Wildman–Crippen LogP) is 3.53. The molecule has 0 radical (unpaired) electrons. The van der Waals surface area contributed by atoms with Crippen LogP contribution in [0.5, 0.6) is 0 Å². The van der Waals surface area contributed by atoms with E-state index in [1.807, 2.05) is 11.8 Å². The number of nitrogens with one attached hydrogen (secondary N) is 1. The fraction of sp³-hybridized carbons (Fsp3) is 0.571. The summed E-state index contributed by atoms with van der Waals surface area (Å²) in [6.07, 6.45) is 8.92. The molecule has 4 heterocycles. The number of amides is 2. The number of aromatic nitrogens is 3. The van der Waals surface area contributed by atoms with Gasteiger partial charge in [-0.05, 0) is 50.7 Å². The number of rotatable bonds is 3. The lowest BCUT2D eigenvalue weighted by atomic mass is 9.54. The third-order valence-electron chi connectivity index (χ3n) is 6.85. The molecule has 1 atom stereocenters. The van der Waals surface area contributed by atoms with E-state index in [1.165, 1.54) is 42.3 Å². The standard InChI is InChI=1S/C21H26FN5O2/c1-14-12-27(19-16(22)4-2-9-23-19)25-18(14)24-20(28)26-13-21(7-3-8-21)17(26)15-5-10-29-11-6-15/h2,4,9,12,15,17H,3,5-8,10-11,13H2,1H3,(H,24,25,28). The summed E-state index contributed by atoms with van der Waals surface area (Å²) in [4.78, 5) is 19.1. The second kappa shape index (κ2) is 7.09. The van der Waals surface area contributed by atoms with Crippen molar-refractivity contribution >= 4 is 11.8 Å². The number of urea groups is 1. The number of carbonyl (C=O) groups excluding carboxylic acids is 1. The van der Waals surface area contributed by atoms with E-state index in [0.29, 0.717) is 17.2 Å². The number of likely N-dealkylation sites (tertiary alicyclic amines) is 1. The Labute approximate surface area is 169 Å². The Kier molecular flexibility index (Phi) is 4.53. The first kappa shape index (κ1) is 18.5. The molecular formula is C21H26FN5O2. The van der Waals surface area contributed by atoms with E-state index in [0.717, 1.165) is 38.2 Å². The largest absolute Gasteiger partial charge is 0.381 e. The molecule has 3 fully saturated rings. The van der Waals surface area contributed by atoms with Gasteiger partial charge in [-0.3, -0.25) is 5.32 Å². The third kappa shape index (κ3) is 3.10. The summed E-state index contributed by atoms with van der Waals surface area (Å²) in [6, 6.07) is 3.05. The smallest absolute Gasteiger partial charge is 0.323 e. The molecule has 2 saturated heterocycles. The highest BCUT2D eigenvalue weighted by Gasteiger charge is 2.59. The van der Waals surface area contributed by atoms with Gasteiger partial charge in [-0.15, -0.1) is 5.10 Å². The van der Waals surface area contributed by atoms with Crippen LogP contribution in [0.2, 0.25) is 0 Å². The van der Waals surface area contributed by atoms with E-state index in [-0.39, 0.29) is 17.9 Å². The molecule has 1 unspecified atom stereocenters. The van der Waals surface area contributed by atoms with Crippen LogP contribution >= 0.6 is 0 Å². The molecule has 3 aliphatic rings. The van der Waals surface area contributed by atoms with Gasteiger partial charge in [-0.1, -0.05) is 6.42 Å². The van der Waals surface area contributed by atoms with Crippen molar-refractivity contribution in [2.24, 2.45) is 11.3 Å². The molecule has 0 bridgehead atoms. The van der Waals surface area contributed by atoms with Crippen LogP contribution in [0.15, 0.2) is 24.5 Å². The van der Waals surface area contributed by atoms with E-state index in [2.05, 4.69) is 15.4 Å². The van der Waals surface area contributed by atoms with Crippen LogP contribution < -0.4 is 5.32 Å². The third-order valence-corrected chi connectivity index (χ3v) is 6.85. The SMILES string of the molecule is Cc1cn(-c2ncccc2F)nc1NC(=O)N1CC2(CCC2)C1C1CCOCC1. The van der Waals surface area contributed by atoms with Crippen LogP contribution in [0.3, 0.4) is 0 Å². The van der Waals surface area contributed by atoms with Crippen molar-refractivity contribution < 1.29 is 13.9 Å². The van der Waals surface area contributed by atoms with Gasteiger partial charge in [0.25, 0.3) is 0 Å². The number of anilines is 1. The average Bonchev–Trinajstić information content (AvgIpc) is 3.01. The van der Waals surface area contributed by atoms with Crippen LogP contribution in [0, 0.1) is 24.1 Å². The normalized spacial score (nSPS) is 23.5. The van der Waals surface area contributed by atoms with Crippen LogP contribution in [0.1, 0.15) is 37.7 Å². The van der Waals surface area contributed by atoms with Crippen molar-refractivity contribution in [2.75, 3.05) is 25.1 Å². The number of pyridine rings is 1. The van der Waals surface area contributed by atoms with Crippen molar-refractivity contribution in [1.29, 1.82) is 0 Å². The van der Waals surface area contributed by atoms with Crippen molar-refractivity contribution in [2.45, 2.75) is 45.1 Å². The molecule has 1 N–H and O–H groups in total. The molecule has 2 aliphatic heterocycles. The molecule has 1 aliphatic carbocycles. The molecule has 2 aromatic heterocycles. The zero-order valence-corrected chi connectivity index (χ0v) is 16.6. The Morgan fingerprint density at radius 1 is 1.34 bits per heavy atom. The maximum atomic E-state index is 14.0. The average molecular weight is 399 g/mol. The van der Waals surface area contributed by atoms with Crippen LogP contribution in [-0.4, -0.2) is 51.5 Å². The quantitative estimate of drug-likeness (QED) is 0.857. The highest BCUT2D eigenvalue weighted by molar-refractivity contribution is 5.90.